The van der Waals surface area contributed by atoms with Crippen LogP contribution < -0.4 is 15.4 Å². The first-order valence-electron chi connectivity index (χ1n) is 7.23. The second kappa shape index (κ2) is 8.47. The summed E-state index contributed by atoms with van der Waals surface area (Å²) in [5.74, 6) is 0.848. The van der Waals surface area contributed by atoms with Crippen molar-refractivity contribution in [1.29, 1.82) is 0 Å². The molecule has 1 fully saturated rings. The van der Waals surface area contributed by atoms with Crippen molar-refractivity contribution in [3.63, 3.8) is 0 Å². The highest BCUT2D eigenvalue weighted by molar-refractivity contribution is 6.35. The summed E-state index contributed by atoms with van der Waals surface area (Å²) in [5.41, 5.74) is 0. The van der Waals surface area contributed by atoms with E-state index in [2.05, 4.69) is 10.6 Å². The lowest BCUT2D eigenvalue weighted by molar-refractivity contribution is -0.125. The van der Waals surface area contributed by atoms with E-state index in [0.29, 0.717) is 28.9 Å². The zero-order valence-corrected chi connectivity index (χ0v) is 13.3. The van der Waals surface area contributed by atoms with E-state index in [1.165, 1.54) is 0 Å². The smallest absolute Gasteiger partial charge is 0.224 e. The number of hydrogen-bond donors (Lipinski definition) is 2. The molecule has 1 aliphatic heterocycles. The van der Waals surface area contributed by atoms with Crippen molar-refractivity contribution in [3.05, 3.63) is 28.2 Å². The second-order valence-electron chi connectivity index (χ2n) is 5.11. The van der Waals surface area contributed by atoms with Gasteiger partial charge < -0.3 is 15.4 Å². The van der Waals surface area contributed by atoms with Gasteiger partial charge in [0.15, 0.2) is 0 Å². The largest absolute Gasteiger partial charge is 0.492 e. The number of amides is 1. The van der Waals surface area contributed by atoms with Crippen molar-refractivity contribution in [1.82, 2.24) is 10.6 Å². The Kier molecular flexibility index (Phi) is 6.61. The average Bonchev–Trinajstić information content (AvgIpc) is 2.49. The van der Waals surface area contributed by atoms with Gasteiger partial charge >= 0.3 is 0 Å². The van der Waals surface area contributed by atoms with Crippen LogP contribution in [0.4, 0.5) is 0 Å². The molecule has 1 aromatic rings. The zero-order chi connectivity index (χ0) is 15.1. The lowest BCUT2D eigenvalue weighted by atomic mass is 9.99. The van der Waals surface area contributed by atoms with Crippen LogP contribution in [0, 0.1) is 5.92 Å². The van der Waals surface area contributed by atoms with Gasteiger partial charge in [-0.1, -0.05) is 23.2 Å². The van der Waals surface area contributed by atoms with Gasteiger partial charge in [-0.15, -0.1) is 0 Å². The van der Waals surface area contributed by atoms with Gasteiger partial charge in [0.1, 0.15) is 5.75 Å². The van der Waals surface area contributed by atoms with Crippen LogP contribution in [0.5, 0.6) is 5.75 Å². The quantitative estimate of drug-likeness (QED) is 0.788. The number of carbonyl (C=O) groups is 1. The van der Waals surface area contributed by atoms with Gasteiger partial charge in [-0.2, -0.15) is 0 Å². The molecule has 0 aromatic heterocycles. The number of halogens is 2. The van der Waals surface area contributed by atoms with Crippen LogP contribution in [0.2, 0.25) is 10.0 Å². The van der Waals surface area contributed by atoms with E-state index >= 15 is 0 Å². The third-order valence-electron chi connectivity index (χ3n) is 3.44. The molecule has 1 heterocycles. The second-order valence-corrected chi connectivity index (χ2v) is 5.95. The maximum atomic E-state index is 11.9. The Bertz CT molecular complexity index is 477. The predicted molar refractivity (Wildman–Crippen MR) is 85.2 cm³/mol. The van der Waals surface area contributed by atoms with Gasteiger partial charge in [-0.25, -0.2) is 0 Å². The zero-order valence-electron chi connectivity index (χ0n) is 11.8. The standard InChI is InChI=1S/C15H20Cl2N2O2/c16-12-4-5-14(13(17)9-12)21-8-2-7-19-15(20)11-3-1-6-18-10-11/h4-5,9,11,18H,1-3,6-8,10H2,(H,19,20). The summed E-state index contributed by atoms with van der Waals surface area (Å²) in [6.07, 6.45) is 2.77. The molecule has 1 atom stereocenters. The first kappa shape index (κ1) is 16.4. The first-order valence-corrected chi connectivity index (χ1v) is 7.98. The summed E-state index contributed by atoms with van der Waals surface area (Å²) < 4.78 is 5.56. The number of piperidine rings is 1. The van der Waals surface area contributed by atoms with Crippen molar-refractivity contribution in [2.24, 2.45) is 5.92 Å². The molecule has 0 spiro atoms. The Hall–Kier alpha value is -0.970. The molecular formula is C15H20Cl2N2O2. The fourth-order valence-electron chi connectivity index (χ4n) is 2.28. The molecule has 6 heteroatoms. The van der Waals surface area contributed by atoms with Crippen LogP contribution in [0.15, 0.2) is 18.2 Å². The lowest BCUT2D eigenvalue weighted by Crippen LogP contribution is -2.40. The van der Waals surface area contributed by atoms with E-state index in [9.17, 15) is 4.79 Å². The van der Waals surface area contributed by atoms with Gasteiger partial charge in [0.05, 0.1) is 17.5 Å². The molecule has 2 N–H and O–H groups in total. The third kappa shape index (κ3) is 5.38. The molecule has 1 unspecified atom stereocenters. The minimum absolute atomic E-state index is 0.102. The highest BCUT2D eigenvalue weighted by atomic mass is 35.5. The predicted octanol–water partition coefficient (Wildman–Crippen LogP) is 2.88. The maximum Gasteiger partial charge on any atom is 0.224 e. The van der Waals surface area contributed by atoms with E-state index in [1.54, 1.807) is 18.2 Å². The molecule has 1 aromatic carbocycles. The molecule has 4 nitrogen and oxygen atoms in total. The molecule has 1 aliphatic rings. The molecule has 2 rings (SSSR count). The molecule has 1 amide bonds. The van der Waals surface area contributed by atoms with E-state index in [1.807, 2.05) is 0 Å². The molecule has 1 saturated heterocycles. The van der Waals surface area contributed by atoms with Gasteiger partial charge in [0, 0.05) is 18.1 Å². The Morgan fingerprint density at radius 2 is 2.29 bits per heavy atom. The molecule has 0 aliphatic carbocycles. The summed E-state index contributed by atoms with van der Waals surface area (Å²) in [6.45, 7) is 2.91. The molecular weight excluding hydrogens is 311 g/mol. The van der Waals surface area contributed by atoms with Crippen LogP contribution in [0.25, 0.3) is 0 Å². The number of carbonyl (C=O) groups excluding carboxylic acids is 1. The molecule has 21 heavy (non-hydrogen) atoms. The minimum Gasteiger partial charge on any atom is -0.492 e. The fraction of sp³-hybridized carbons (Fsp3) is 0.533. The normalized spacial score (nSPS) is 18.3. The van der Waals surface area contributed by atoms with Crippen molar-refractivity contribution in [3.8, 4) is 5.75 Å². The van der Waals surface area contributed by atoms with Gasteiger partial charge in [-0.3, -0.25) is 4.79 Å². The molecule has 116 valence electrons. The summed E-state index contributed by atoms with van der Waals surface area (Å²) in [7, 11) is 0. The highest BCUT2D eigenvalue weighted by Gasteiger charge is 2.19. The fourth-order valence-corrected chi connectivity index (χ4v) is 2.74. The third-order valence-corrected chi connectivity index (χ3v) is 3.97. The maximum absolute atomic E-state index is 11.9. The molecule has 0 radical (unpaired) electrons. The summed E-state index contributed by atoms with van der Waals surface area (Å²) in [6, 6.07) is 5.13. The number of benzene rings is 1. The van der Waals surface area contributed by atoms with Crippen LogP contribution in [0.3, 0.4) is 0 Å². The van der Waals surface area contributed by atoms with Crippen LogP contribution in [-0.4, -0.2) is 32.1 Å². The van der Waals surface area contributed by atoms with E-state index < -0.39 is 0 Å². The highest BCUT2D eigenvalue weighted by Crippen LogP contribution is 2.27. The SMILES string of the molecule is O=C(NCCCOc1ccc(Cl)cc1Cl)C1CCCNC1. The number of rotatable bonds is 6. The Morgan fingerprint density at radius 3 is 3.00 bits per heavy atom. The monoisotopic (exact) mass is 330 g/mol. The summed E-state index contributed by atoms with van der Waals surface area (Å²) >= 11 is 11.8. The van der Waals surface area contributed by atoms with E-state index in [-0.39, 0.29) is 11.8 Å². The first-order chi connectivity index (χ1) is 10.2. The van der Waals surface area contributed by atoms with Gasteiger partial charge in [0.25, 0.3) is 0 Å². The average molecular weight is 331 g/mol. The molecule has 0 saturated carbocycles. The topological polar surface area (TPSA) is 50.4 Å². The Morgan fingerprint density at radius 1 is 1.43 bits per heavy atom. The van der Waals surface area contributed by atoms with E-state index in [4.69, 9.17) is 27.9 Å². The summed E-state index contributed by atoms with van der Waals surface area (Å²) in [4.78, 5) is 11.9. The van der Waals surface area contributed by atoms with Gasteiger partial charge in [-0.05, 0) is 44.0 Å². The van der Waals surface area contributed by atoms with Gasteiger partial charge in [0.2, 0.25) is 5.91 Å². The number of ether oxygens (including phenoxy) is 1. The van der Waals surface area contributed by atoms with E-state index in [0.717, 1.165) is 32.4 Å². The number of hydrogen-bond acceptors (Lipinski definition) is 3. The lowest BCUT2D eigenvalue weighted by Gasteiger charge is -2.21. The minimum atomic E-state index is 0.102. The summed E-state index contributed by atoms with van der Waals surface area (Å²) in [5, 5.41) is 7.27. The van der Waals surface area contributed by atoms with Crippen molar-refractivity contribution >= 4 is 29.1 Å². The van der Waals surface area contributed by atoms with Crippen LogP contribution in [-0.2, 0) is 4.79 Å². The van der Waals surface area contributed by atoms with Crippen molar-refractivity contribution in [2.75, 3.05) is 26.2 Å². The Balaban J connectivity index is 1.62. The Labute approximate surface area is 135 Å². The number of nitrogens with one attached hydrogen (secondary N) is 2. The van der Waals surface area contributed by atoms with Crippen LogP contribution in [0.1, 0.15) is 19.3 Å². The van der Waals surface area contributed by atoms with Crippen LogP contribution >= 0.6 is 23.2 Å². The van der Waals surface area contributed by atoms with Crippen molar-refractivity contribution < 1.29 is 9.53 Å². The molecule has 0 bridgehead atoms. The van der Waals surface area contributed by atoms with Crippen molar-refractivity contribution in [2.45, 2.75) is 19.3 Å².